The lowest BCUT2D eigenvalue weighted by Crippen LogP contribution is -2.26. The Morgan fingerprint density at radius 1 is 1.07 bits per heavy atom. The van der Waals surface area contributed by atoms with Crippen LogP contribution >= 0.6 is 15.9 Å². The molecule has 6 nitrogen and oxygen atoms in total. The number of carbonyl (C=O) groups is 1. The molecule has 1 amide bonds. The number of furan rings is 1. The van der Waals surface area contributed by atoms with Gasteiger partial charge in [0.1, 0.15) is 11.5 Å². The lowest BCUT2D eigenvalue weighted by atomic mass is 9.98. The molecule has 0 N–H and O–H groups in total. The number of ether oxygens (including phenoxy) is 2. The molecule has 148 valence electrons. The fourth-order valence-corrected chi connectivity index (χ4v) is 3.63. The van der Waals surface area contributed by atoms with E-state index in [0.717, 1.165) is 16.8 Å². The molecular weight excluding hydrogens is 436 g/mol. The minimum absolute atomic E-state index is 0.228. The van der Waals surface area contributed by atoms with Gasteiger partial charge in [-0.05, 0) is 45.8 Å². The third kappa shape index (κ3) is 3.91. The number of methoxy groups -OCH3 is 2. The van der Waals surface area contributed by atoms with Gasteiger partial charge in [0.15, 0.2) is 10.4 Å². The largest absolute Gasteiger partial charge is 0.497 e. The summed E-state index contributed by atoms with van der Waals surface area (Å²) in [6.45, 7) is 0. The smallest absolute Gasteiger partial charge is 0.310 e. The molecule has 2 heterocycles. The minimum atomic E-state index is -0.297. The predicted octanol–water partition coefficient (Wildman–Crippen LogP) is 5.05. The summed E-state index contributed by atoms with van der Waals surface area (Å²) in [5.41, 5.74) is 2.62. The summed E-state index contributed by atoms with van der Waals surface area (Å²) >= 11 is 3.25. The van der Waals surface area contributed by atoms with Gasteiger partial charge < -0.3 is 13.9 Å². The van der Waals surface area contributed by atoms with E-state index in [2.05, 4.69) is 21.0 Å². The van der Waals surface area contributed by atoms with E-state index in [0.29, 0.717) is 22.6 Å². The molecule has 0 saturated heterocycles. The minimum Gasteiger partial charge on any atom is -0.497 e. The number of hydrogen-bond donors (Lipinski definition) is 0. The summed E-state index contributed by atoms with van der Waals surface area (Å²) < 4.78 is 16.7. The van der Waals surface area contributed by atoms with Gasteiger partial charge in [-0.3, -0.25) is 4.79 Å². The van der Waals surface area contributed by atoms with Crippen LogP contribution in [0.15, 0.2) is 74.9 Å². The summed E-state index contributed by atoms with van der Waals surface area (Å²) in [6.07, 6.45) is 0.563. The second-order valence-corrected chi connectivity index (χ2v) is 7.31. The highest BCUT2D eigenvalue weighted by Gasteiger charge is 2.35. The number of hydrazone groups is 1. The van der Waals surface area contributed by atoms with Gasteiger partial charge in [-0.2, -0.15) is 5.10 Å². The molecule has 7 heteroatoms. The zero-order valence-electron chi connectivity index (χ0n) is 16.0. The van der Waals surface area contributed by atoms with Crippen molar-refractivity contribution in [3.8, 4) is 11.5 Å². The SMILES string of the molecule is COc1cc(OC)cc(C2=NN(C(=O)c3ccc(Br)o3)C(c3ccccc3)C2)c1. The van der Waals surface area contributed by atoms with Crippen LogP contribution in [0.2, 0.25) is 0 Å². The molecule has 0 fully saturated rings. The first-order valence-electron chi connectivity index (χ1n) is 9.04. The number of rotatable bonds is 5. The fourth-order valence-electron chi connectivity index (χ4n) is 3.32. The Labute approximate surface area is 176 Å². The number of hydrogen-bond acceptors (Lipinski definition) is 5. The van der Waals surface area contributed by atoms with Crippen molar-refractivity contribution in [3.63, 3.8) is 0 Å². The molecule has 1 aliphatic heterocycles. The maximum atomic E-state index is 13.1. The maximum absolute atomic E-state index is 13.1. The first-order chi connectivity index (χ1) is 14.1. The Kier molecular flexibility index (Phi) is 5.40. The van der Waals surface area contributed by atoms with Gasteiger partial charge in [0.05, 0.1) is 26.0 Å². The fraction of sp³-hybridized carbons (Fsp3) is 0.182. The van der Waals surface area contributed by atoms with Crippen LogP contribution in [0.5, 0.6) is 11.5 Å². The lowest BCUT2D eigenvalue weighted by molar-refractivity contribution is 0.0677. The van der Waals surface area contributed by atoms with Crippen molar-refractivity contribution in [3.05, 3.63) is 82.2 Å². The van der Waals surface area contributed by atoms with Crippen LogP contribution in [0.4, 0.5) is 0 Å². The van der Waals surface area contributed by atoms with Gasteiger partial charge in [0.25, 0.3) is 0 Å². The van der Waals surface area contributed by atoms with Crippen LogP contribution in [0.3, 0.4) is 0 Å². The molecule has 1 aliphatic rings. The number of nitrogens with zero attached hydrogens (tertiary/aromatic N) is 2. The van der Waals surface area contributed by atoms with Crippen molar-refractivity contribution < 1.29 is 18.7 Å². The zero-order valence-corrected chi connectivity index (χ0v) is 17.5. The molecule has 0 spiro atoms. The quantitative estimate of drug-likeness (QED) is 0.540. The van der Waals surface area contributed by atoms with E-state index in [9.17, 15) is 4.79 Å². The molecule has 1 atom stereocenters. The Morgan fingerprint density at radius 2 is 1.76 bits per heavy atom. The van der Waals surface area contributed by atoms with Gasteiger partial charge in [0, 0.05) is 18.1 Å². The normalized spacial score (nSPS) is 15.9. The van der Waals surface area contributed by atoms with E-state index in [-0.39, 0.29) is 17.7 Å². The second-order valence-electron chi connectivity index (χ2n) is 6.53. The van der Waals surface area contributed by atoms with E-state index < -0.39 is 0 Å². The highest BCUT2D eigenvalue weighted by Crippen LogP contribution is 2.35. The van der Waals surface area contributed by atoms with Crippen LogP contribution in [-0.4, -0.2) is 30.8 Å². The van der Waals surface area contributed by atoms with Crippen LogP contribution in [0, 0.1) is 0 Å². The van der Waals surface area contributed by atoms with Gasteiger partial charge >= 0.3 is 5.91 Å². The molecule has 1 unspecified atom stereocenters. The van der Waals surface area contributed by atoms with Gasteiger partial charge in [-0.1, -0.05) is 30.3 Å². The standard InChI is InChI=1S/C22H19BrN2O4/c1-27-16-10-15(11-17(12-16)28-2)18-13-19(14-6-4-3-5-7-14)25(24-18)22(26)20-8-9-21(23)29-20/h3-12,19H,13H2,1-2H3. The Bertz CT molecular complexity index is 1040. The molecule has 0 radical (unpaired) electrons. The van der Waals surface area contributed by atoms with Crippen molar-refractivity contribution in [1.29, 1.82) is 0 Å². The van der Waals surface area contributed by atoms with Crippen molar-refractivity contribution in [1.82, 2.24) is 5.01 Å². The number of benzene rings is 2. The molecule has 1 aromatic heterocycles. The van der Waals surface area contributed by atoms with Crippen LogP contribution in [0.25, 0.3) is 0 Å². The van der Waals surface area contributed by atoms with E-state index in [1.807, 2.05) is 42.5 Å². The van der Waals surface area contributed by atoms with Crippen LogP contribution in [0.1, 0.15) is 34.1 Å². The van der Waals surface area contributed by atoms with Gasteiger partial charge in [-0.15, -0.1) is 0 Å². The first kappa shape index (κ1) is 19.3. The van der Waals surface area contributed by atoms with E-state index >= 15 is 0 Å². The Morgan fingerprint density at radius 3 is 2.34 bits per heavy atom. The average Bonchev–Trinajstić information content (AvgIpc) is 3.40. The third-order valence-electron chi connectivity index (χ3n) is 4.77. The number of amides is 1. The van der Waals surface area contributed by atoms with E-state index in [1.165, 1.54) is 5.01 Å². The van der Waals surface area contributed by atoms with Gasteiger partial charge in [-0.25, -0.2) is 5.01 Å². The molecule has 2 aromatic carbocycles. The van der Waals surface area contributed by atoms with Crippen molar-refractivity contribution in [2.24, 2.45) is 5.10 Å². The second kappa shape index (κ2) is 8.13. The monoisotopic (exact) mass is 454 g/mol. The highest BCUT2D eigenvalue weighted by molar-refractivity contribution is 9.10. The molecule has 0 saturated carbocycles. The molecule has 4 rings (SSSR count). The summed E-state index contributed by atoms with van der Waals surface area (Å²) in [6, 6.07) is 18.5. The highest BCUT2D eigenvalue weighted by atomic mass is 79.9. The van der Waals surface area contributed by atoms with E-state index in [4.69, 9.17) is 13.9 Å². The molecule has 0 bridgehead atoms. The number of carbonyl (C=O) groups excluding carboxylic acids is 1. The van der Waals surface area contributed by atoms with Crippen molar-refractivity contribution in [2.45, 2.75) is 12.5 Å². The average molecular weight is 455 g/mol. The Balaban J connectivity index is 1.75. The predicted molar refractivity (Wildman–Crippen MR) is 112 cm³/mol. The topological polar surface area (TPSA) is 64.3 Å². The van der Waals surface area contributed by atoms with Crippen molar-refractivity contribution >= 4 is 27.5 Å². The lowest BCUT2D eigenvalue weighted by Gasteiger charge is -2.21. The maximum Gasteiger partial charge on any atom is 0.310 e. The first-order valence-corrected chi connectivity index (χ1v) is 9.83. The third-order valence-corrected chi connectivity index (χ3v) is 5.20. The summed E-state index contributed by atoms with van der Waals surface area (Å²) in [5.74, 6) is 1.26. The molecule has 0 aliphatic carbocycles. The molecule has 3 aromatic rings. The molecule has 29 heavy (non-hydrogen) atoms. The Hall–Kier alpha value is -3.06. The van der Waals surface area contributed by atoms with Crippen LogP contribution in [-0.2, 0) is 0 Å². The zero-order chi connectivity index (χ0) is 20.4. The van der Waals surface area contributed by atoms with E-state index in [1.54, 1.807) is 32.4 Å². The summed E-state index contributed by atoms with van der Waals surface area (Å²) in [4.78, 5) is 13.1. The number of halogens is 1. The summed E-state index contributed by atoms with van der Waals surface area (Å²) in [7, 11) is 3.21. The van der Waals surface area contributed by atoms with Crippen LogP contribution < -0.4 is 9.47 Å². The molecular formula is C22H19BrN2O4. The van der Waals surface area contributed by atoms with Gasteiger partial charge in [0.2, 0.25) is 0 Å². The van der Waals surface area contributed by atoms with Crippen molar-refractivity contribution in [2.75, 3.05) is 14.2 Å². The summed E-state index contributed by atoms with van der Waals surface area (Å²) in [5, 5.41) is 6.15.